The summed E-state index contributed by atoms with van der Waals surface area (Å²) >= 11 is 0. The topological polar surface area (TPSA) is 119 Å². The molecule has 2 aromatic carbocycles. The first kappa shape index (κ1) is 22.0. The molecule has 31 heavy (non-hydrogen) atoms. The maximum atomic E-state index is 13.0. The van der Waals surface area contributed by atoms with Gasteiger partial charge in [0.15, 0.2) is 6.61 Å². The van der Waals surface area contributed by atoms with E-state index in [1.165, 1.54) is 35.0 Å². The number of hydrogen-bond acceptors (Lipinski definition) is 6. The number of nitrogens with zero attached hydrogens (tertiary/aromatic N) is 2. The van der Waals surface area contributed by atoms with Crippen LogP contribution >= 0.6 is 0 Å². The van der Waals surface area contributed by atoms with Gasteiger partial charge >= 0.3 is 5.97 Å². The molecule has 3 aromatic rings. The second-order valence-corrected chi connectivity index (χ2v) is 8.24. The Bertz CT molecular complexity index is 1220. The summed E-state index contributed by atoms with van der Waals surface area (Å²) in [6, 6.07) is 11.6. The summed E-state index contributed by atoms with van der Waals surface area (Å²) in [5.74, 6) is -1.50. The number of ether oxygens (including phenoxy) is 1. The van der Waals surface area contributed by atoms with Crippen LogP contribution in [0.1, 0.15) is 16.1 Å². The number of aryl methyl sites for hydroxylation is 2. The minimum absolute atomic E-state index is 0.0499. The summed E-state index contributed by atoms with van der Waals surface area (Å²) < 4.78 is 46.8. The Kier molecular flexibility index (Phi) is 6.35. The molecule has 0 saturated carbocycles. The highest BCUT2D eigenvalue weighted by Gasteiger charge is 2.18. The van der Waals surface area contributed by atoms with Gasteiger partial charge in [-0.2, -0.15) is 5.10 Å². The van der Waals surface area contributed by atoms with E-state index in [9.17, 15) is 22.4 Å². The van der Waals surface area contributed by atoms with E-state index in [1.54, 1.807) is 20.0 Å². The third-order valence-electron chi connectivity index (χ3n) is 4.08. The van der Waals surface area contributed by atoms with Crippen LogP contribution in [0, 0.1) is 12.7 Å². The quantitative estimate of drug-likeness (QED) is 0.538. The molecule has 0 aliphatic carbocycles. The van der Waals surface area contributed by atoms with Crippen molar-refractivity contribution in [1.29, 1.82) is 0 Å². The molecular formula is C20H19FN4O5S. The Balaban J connectivity index is 1.64. The van der Waals surface area contributed by atoms with Crippen LogP contribution in [0.25, 0.3) is 0 Å². The number of benzene rings is 2. The summed E-state index contributed by atoms with van der Waals surface area (Å²) in [4.78, 5) is 24.1. The Labute approximate surface area is 177 Å². The molecule has 0 aliphatic rings. The van der Waals surface area contributed by atoms with Crippen LogP contribution in [0.4, 0.5) is 15.9 Å². The number of nitrogens with one attached hydrogen (secondary N) is 2. The second kappa shape index (κ2) is 8.96. The molecule has 1 amide bonds. The van der Waals surface area contributed by atoms with Gasteiger partial charge in [0.05, 0.1) is 16.2 Å². The lowest BCUT2D eigenvalue weighted by molar-refractivity contribution is -0.119. The Hall–Kier alpha value is -3.73. The van der Waals surface area contributed by atoms with Crippen molar-refractivity contribution in [2.45, 2.75) is 11.8 Å². The van der Waals surface area contributed by atoms with Gasteiger partial charge in [-0.1, -0.05) is 6.07 Å². The number of esters is 1. The average molecular weight is 446 g/mol. The Morgan fingerprint density at radius 3 is 2.48 bits per heavy atom. The van der Waals surface area contributed by atoms with Gasteiger partial charge in [0.1, 0.15) is 11.6 Å². The van der Waals surface area contributed by atoms with Gasteiger partial charge in [0.25, 0.3) is 15.9 Å². The normalized spacial score (nSPS) is 11.1. The third kappa shape index (κ3) is 5.66. The number of halogens is 1. The van der Waals surface area contributed by atoms with Crippen molar-refractivity contribution in [2.75, 3.05) is 16.6 Å². The maximum absolute atomic E-state index is 13.0. The molecule has 9 nitrogen and oxygen atoms in total. The molecule has 0 radical (unpaired) electrons. The fourth-order valence-corrected chi connectivity index (χ4v) is 3.75. The maximum Gasteiger partial charge on any atom is 0.338 e. The van der Waals surface area contributed by atoms with E-state index in [1.807, 2.05) is 0 Å². The standard InChI is InChI=1S/C20H19FN4O5S/c1-13-10-18(25(2)23-13)22-19(26)12-30-20(27)14-4-3-5-17(11-14)31(28,29)24-16-8-6-15(21)7-9-16/h3-11,24H,12H2,1-2H3,(H,22,26). The molecule has 0 aliphatic heterocycles. The van der Waals surface area contributed by atoms with E-state index in [0.717, 1.165) is 18.2 Å². The van der Waals surface area contributed by atoms with Gasteiger partial charge in [-0.3, -0.25) is 14.2 Å². The van der Waals surface area contributed by atoms with Crippen molar-refractivity contribution in [2.24, 2.45) is 7.05 Å². The first-order chi connectivity index (χ1) is 14.6. The Morgan fingerprint density at radius 2 is 1.84 bits per heavy atom. The number of sulfonamides is 1. The van der Waals surface area contributed by atoms with Gasteiger partial charge in [-0.05, 0) is 49.4 Å². The summed E-state index contributed by atoms with van der Waals surface area (Å²) in [7, 11) is -2.37. The fraction of sp³-hybridized carbons (Fsp3) is 0.150. The molecule has 2 N–H and O–H groups in total. The van der Waals surface area contributed by atoms with Gasteiger partial charge in [0.2, 0.25) is 0 Å². The first-order valence-corrected chi connectivity index (χ1v) is 10.5. The minimum atomic E-state index is -4.03. The van der Waals surface area contributed by atoms with Crippen LogP contribution in [0.5, 0.6) is 0 Å². The molecule has 0 saturated heterocycles. The number of hydrogen-bond donors (Lipinski definition) is 2. The van der Waals surface area contributed by atoms with Crippen LogP contribution in [0.3, 0.4) is 0 Å². The average Bonchev–Trinajstić information content (AvgIpc) is 3.04. The van der Waals surface area contributed by atoms with Gasteiger partial charge in [-0.25, -0.2) is 17.6 Å². The molecule has 1 heterocycles. The van der Waals surface area contributed by atoms with Crippen molar-refractivity contribution in [3.8, 4) is 0 Å². The van der Waals surface area contributed by atoms with E-state index in [-0.39, 0.29) is 16.1 Å². The van der Waals surface area contributed by atoms with Crippen LogP contribution in [0.2, 0.25) is 0 Å². The highest BCUT2D eigenvalue weighted by Crippen LogP contribution is 2.18. The molecule has 11 heteroatoms. The highest BCUT2D eigenvalue weighted by molar-refractivity contribution is 7.92. The van der Waals surface area contributed by atoms with Crippen LogP contribution in [-0.2, 0) is 26.6 Å². The smallest absolute Gasteiger partial charge is 0.338 e. The Morgan fingerprint density at radius 1 is 1.13 bits per heavy atom. The van der Waals surface area contributed by atoms with Crippen molar-refractivity contribution >= 4 is 33.4 Å². The molecule has 0 spiro atoms. The minimum Gasteiger partial charge on any atom is -0.452 e. The van der Waals surface area contributed by atoms with E-state index >= 15 is 0 Å². The zero-order valence-electron chi connectivity index (χ0n) is 16.6. The van der Waals surface area contributed by atoms with Crippen molar-refractivity contribution in [1.82, 2.24) is 9.78 Å². The lowest BCUT2D eigenvalue weighted by Gasteiger charge is -2.10. The number of anilines is 2. The molecule has 162 valence electrons. The van der Waals surface area contributed by atoms with Crippen LogP contribution < -0.4 is 10.0 Å². The van der Waals surface area contributed by atoms with Gasteiger partial charge in [-0.15, -0.1) is 0 Å². The fourth-order valence-electron chi connectivity index (χ4n) is 2.64. The first-order valence-electron chi connectivity index (χ1n) is 9.00. The number of rotatable bonds is 7. The van der Waals surface area contributed by atoms with Crippen LogP contribution in [0.15, 0.2) is 59.5 Å². The largest absolute Gasteiger partial charge is 0.452 e. The van der Waals surface area contributed by atoms with Gasteiger partial charge < -0.3 is 10.1 Å². The van der Waals surface area contributed by atoms with Gasteiger partial charge in [0, 0.05) is 18.8 Å². The molecular weight excluding hydrogens is 427 g/mol. The molecule has 0 fully saturated rings. The molecule has 0 bridgehead atoms. The summed E-state index contributed by atoms with van der Waals surface area (Å²) in [5.41, 5.74) is 0.824. The number of aromatic nitrogens is 2. The lowest BCUT2D eigenvalue weighted by Crippen LogP contribution is -2.22. The predicted octanol–water partition coefficient (Wildman–Crippen LogP) is 2.46. The van der Waals surface area contributed by atoms with Crippen molar-refractivity contribution in [3.63, 3.8) is 0 Å². The van der Waals surface area contributed by atoms with E-state index in [0.29, 0.717) is 11.5 Å². The van der Waals surface area contributed by atoms with Crippen molar-refractivity contribution < 1.29 is 27.1 Å². The third-order valence-corrected chi connectivity index (χ3v) is 5.46. The van der Waals surface area contributed by atoms with Crippen molar-refractivity contribution in [3.05, 3.63) is 71.7 Å². The summed E-state index contributed by atoms with van der Waals surface area (Å²) in [6.45, 7) is 1.20. The monoisotopic (exact) mass is 446 g/mol. The number of carbonyl (C=O) groups excluding carboxylic acids is 2. The molecule has 0 atom stereocenters. The number of carbonyl (C=O) groups is 2. The summed E-state index contributed by atoms with van der Waals surface area (Å²) in [5, 5.41) is 6.64. The lowest BCUT2D eigenvalue weighted by atomic mass is 10.2. The molecule has 1 aromatic heterocycles. The van der Waals surface area contributed by atoms with Crippen LogP contribution in [-0.4, -0.2) is 36.7 Å². The van der Waals surface area contributed by atoms with E-state index < -0.39 is 34.3 Å². The summed E-state index contributed by atoms with van der Waals surface area (Å²) in [6.07, 6.45) is 0. The second-order valence-electron chi connectivity index (χ2n) is 6.56. The zero-order valence-corrected chi connectivity index (χ0v) is 17.4. The zero-order chi connectivity index (χ0) is 22.6. The highest BCUT2D eigenvalue weighted by atomic mass is 32.2. The van der Waals surface area contributed by atoms with E-state index in [4.69, 9.17) is 4.74 Å². The van der Waals surface area contributed by atoms with E-state index in [2.05, 4.69) is 15.1 Å². The SMILES string of the molecule is Cc1cc(NC(=O)COC(=O)c2cccc(S(=O)(=O)Nc3ccc(F)cc3)c2)n(C)n1. The number of amides is 1. The molecule has 0 unspecified atom stereocenters. The molecule has 3 rings (SSSR count). The predicted molar refractivity (Wildman–Crippen MR) is 111 cm³/mol.